The summed E-state index contributed by atoms with van der Waals surface area (Å²) in [5, 5.41) is 6.65. The first kappa shape index (κ1) is 8.77. The Bertz CT molecular complexity index is 243. The number of nitrogens with one attached hydrogen (secondary N) is 1. The van der Waals surface area contributed by atoms with Gasteiger partial charge in [-0.15, -0.1) is 0 Å². The standard InChI is InChI=1S/C8H13N3O/c1-6(5-8(9)12)4-7-2-3-10-11-7/h2-3,6H,4-5H2,1H3,(H2,9,12)(H,10,11). The summed E-state index contributed by atoms with van der Waals surface area (Å²) in [5.41, 5.74) is 6.10. The second-order valence-corrected chi connectivity index (χ2v) is 3.06. The van der Waals surface area contributed by atoms with Crippen molar-refractivity contribution in [2.75, 3.05) is 0 Å². The van der Waals surface area contributed by atoms with E-state index in [4.69, 9.17) is 5.73 Å². The Kier molecular flexibility index (Phi) is 2.85. The summed E-state index contributed by atoms with van der Waals surface area (Å²) in [6.45, 7) is 1.99. The fraction of sp³-hybridized carbons (Fsp3) is 0.500. The zero-order valence-electron chi connectivity index (χ0n) is 7.08. The minimum atomic E-state index is -0.248. The van der Waals surface area contributed by atoms with Gasteiger partial charge in [-0.05, 0) is 18.4 Å². The Morgan fingerprint density at radius 3 is 3.08 bits per heavy atom. The third-order valence-corrected chi connectivity index (χ3v) is 1.68. The lowest BCUT2D eigenvalue weighted by molar-refractivity contribution is -0.118. The van der Waals surface area contributed by atoms with E-state index in [9.17, 15) is 4.79 Å². The van der Waals surface area contributed by atoms with Gasteiger partial charge in [-0.3, -0.25) is 9.89 Å². The molecular formula is C8H13N3O. The lowest BCUT2D eigenvalue weighted by Crippen LogP contribution is -2.16. The van der Waals surface area contributed by atoms with E-state index in [-0.39, 0.29) is 11.8 Å². The molecule has 1 aromatic heterocycles. The summed E-state index contributed by atoms with van der Waals surface area (Å²) < 4.78 is 0. The van der Waals surface area contributed by atoms with Gasteiger partial charge in [-0.2, -0.15) is 5.10 Å². The number of rotatable bonds is 4. The zero-order chi connectivity index (χ0) is 8.97. The van der Waals surface area contributed by atoms with Crippen molar-refractivity contribution >= 4 is 5.91 Å². The van der Waals surface area contributed by atoms with Crippen molar-refractivity contribution in [2.24, 2.45) is 11.7 Å². The van der Waals surface area contributed by atoms with Gasteiger partial charge in [0.2, 0.25) is 5.91 Å². The van der Waals surface area contributed by atoms with E-state index in [0.29, 0.717) is 6.42 Å². The predicted octanol–water partition coefficient (Wildman–Crippen LogP) is 0.464. The number of hydrogen-bond donors (Lipinski definition) is 2. The Morgan fingerprint density at radius 2 is 2.58 bits per heavy atom. The Labute approximate surface area is 71.2 Å². The molecular weight excluding hydrogens is 154 g/mol. The first-order chi connectivity index (χ1) is 5.68. The summed E-state index contributed by atoms with van der Waals surface area (Å²) in [6.07, 6.45) is 2.95. The van der Waals surface area contributed by atoms with Crippen molar-refractivity contribution in [3.63, 3.8) is 0 Å². The van der Waals surface area contributed by atoms with E-state index < -0.39 is 0 Å². The molecule has 0 aliphatic rings. The van der Waals surface area contributed by atoms with Gasteiger partial charge in [0, 0.05) is 18.3 Å². The first-order valence-electron chi connectivity index (χ1n) is 3.95. The van der Waals surface area contributed by atoms with Gasteiger partial charge in [0.25, 0.3) is 0 Å². The molecule has 4 heteroatoms. The van der Waals surface area contributed by atoms with Crippen LogP contribution in [0.4, 0.5) is 0 Å². The van der Waals surface area contributed by atoms with Crippen molar-refractivity contribution < 1.29 is 4.79 Å². The lowest BCUT2D eigenvalue weighted by Gasteiger charge is -2.05. The van der Waals surface area contributed by atoms with Gasteiger partial charge >= 0.3 is 0 Å². The van der Waals surface area contributed by atoms with Crippen LogP contribution in [0, 0.1) is 5.92 Å². The van der Waals surface area contributed by atoms with Crippen molar-refractivity contribution in [1.29, 1.82) is 0 Å². The number of primary amides is 1. The molecule has 0 fully saturated rings. The molecule has 1 atom stereocenters. The van der Waals surface area contributed by atoms with Crippen LogP contribution in [0.15, 0.2) is 12.3 Å². The summed E-state index contributed by atoms with van der Waals surface area (Å²) in [6, 6.07) is 1.90. The number of nitrogens with zero attached hydrogens (tertiary/aromatic N) is 1. The van der Waals surface area contributed by atoms with Crippen LogP contribution in [-0.4, -0.2) is 16.1 Å². The van der Waals surface area contributed by atoms with Crippen LogP contribution in [0.5, 0.6) is 0 Å². The molecule has 0 bridgehead atoms. The molecule has 1 aromatic rings. The molecule has 1 amide bonds. The molecule has 3 N–H and O–H groups in total. The van der Waals surface area contributed by atoms with Gasteiger partial charge in [-0.25, -0.2) is 0 Å². The fourth-order valence-electron chi connectivity index (χ4n) is 1.19. The number of nitrogens with two attached hydrogens (primary N) is 1. The SMILES string of the molecule is CC(CC(N)=O)Cc1ccn[nH]1. The molecule has 0 radical (unpaired) electrons. The molecule has 66 valence electrons. The molecule has 0 aromatic carbocycles. The summed E-state index contributed by atoms with van der Waals surface area (Å²) >= 11 is 0. The molecule has 4 nitrogen and oxygen atoms in total. The number of carbonyl (C=O) groups excluding carboxylic acids is 1. The van der Waals surface area contributed by atoms with Gasteiger partial charge < -0.3 is 5.73 Å². The number of aromatic amines is 1. The predicted molar refractivity (Wildman–Crippen MR) is 45.3 cm³/mol. The van der Waals surface area contributed by atoms with Crippen LogP contribution < -0.4 is 5.73 Å². The van der Waals surface area contributed by atoms with E-state index in [1.54, 1.807) is 6.20 Å². The number of H-pyrrole nitrogens is 1. The van der Waals surface area contributed by atoms with Crippen molar-refractivity contribution in [1.82, 2.24) is 10.2 Å². The van der Waals surface area contributed by atoms with Crippen LogP contribution in [0.2, 0.25) is 0 Å². The summed E-state index contributed by atoms with van der Waals surface area (Å²) in [5.74, 6) is 0.0324. The maximum atomic E-state index is 10.5. The molecule has 12 heavy (non-hydrogen) atoms. The molecule has 1 heterocycles. The van der Waals surface area contributed by atoms with E-state index in [0.717, 1.165) is 12.1 Å². The molecule has 1 rings (SSSR count). The Hall–Kier alpha value is -1.32. The highest BCUT2D eigenvalue weighted by atomic mass is 16.1. The summed E-state index contributed by atoms with van der Waals surface area (Å²) in [4.78, 5) is 10.5. The fourth-order valence-corrected chi connectivity index (χ4v) is 1.19. The number of hydrogen-bond acceptors (Lipinski definition) is 2. The second kappa shape index (κ2) is 3.90. The summed E-state index contributed by atoms with van der Waals surface area (Å²) in [7, 11) is 0. The van der Waals surface area contributed by atoms with Crippen molar-refractivity contribution in [2.45, 2.75) is 19.8 Å². The second-order valence-electron chi connectivity index (χ2n) is 3.06. The third-order valence-electron chi connectivity index (χ3n) is 1.68. The largest absolute Gasteiger partial charge is 0.370 e. The van der Waals surface area contributed by atoms with Gasteiger partial charge in [0.15, 0.2) is 0 Å². The number of carbonyl (C=O) groups is 1. The maximum absolute atomic E-state index is 10.5. The number of aromatic nitrogens is 2. The Morgan fingerprint density at radius 1 is 1.83 bits per heavy atom. The van der Waals surface area contributed by atoms with Crippen molar-refractivity contribution in [3.8, 4) is 0 Å². The molecule has 0 aliphatic heterocycles. The van der Waals surface area contributed by atoms with Gasteiger partial charge in [0.1, 0.15) is 0 Å². The normalized spacial score (nSPS) is 12.8. The average Bonchev–Trinajstić information content (AvgIpc) is 2.37. The first-order valence-corrected chi connectivity index (χ1v) is 3.95. The highest BCUT2D eigenvalue weighted by Crippen LogP contribution is 2.08. The Balaban J connectivity index is 2.36. The van der Waals surface area contributed by atoms with Crippen LogP contribution in [-0.2, 0) is 11.2 Å². The minimum Gasteiger partial charge on any atom is -0.370 e. The highest BCUT2D eigenvalue weighted by molar-refractivity contribution is 5.73. The van der Waals surface area contributed by atoms with Crippen LogP contribution >= 0.6 is 0 Å². The van der Waals surface area contributed by atoms with E-state index >= 15 is 0 Å². The lowest BCUT2D eigenvalue weighted by atomic mass is 10.0. The average molecular weight is 167 g/mol. The van der Waals surface area contributed by atoms with E-state index in [1.165, 1.54) is 0 Å². The highest BCUT2D eigenvalue weighted by Gasteiger charge is 2.07. The topological polar surface area (TPSA) is 71.8 Å². The van der Waals surface area contributed by atoms with Crippen LogP contribution in [0.25, 0.3) is 0 Å². The van der Waals surface area contributed by atoms with Crippen LogP contribution in [0.1, 0.15) is 19.0 Å². The quantitative estimate of drug-likeness (QED) is 0.684. The third kappa shape index (κ3) is 2.74. The molecule has 0 saturated carbocycles. The number of amides is 1. The van der Waals surface area contributed by atoms with E-state index in [1.807, 2.05) is 13.0 Å². The molecule has 0 saturated heterocycles. The molecule has 0 spiro atoms. The zero-order valence-corrected chi connectivity index (χ0v) is 7.08. The van der Waals surface area contributed by atoms with Crippen LogP contribution in [0.3, 0.4) is 0 Å². The maximum Gasteiger partial charge on any atom is 0.217 e. The molecule has 1 unspecified atom stereocenters. The van der Waals surface area contributed by atoms with Gasteiger partial charge in [0.05, 0.1) is 0 Å². The molecule has 0 aliphatic carbocycles. The van der Waals surface area contributed by atoms with E-state index in [2.05, 4.69) is 10.2 Å². The van der Waals surface area contributed by atoms with Crippen molar-refractivity contribution in [3.05, 3.63) is 18.0 Å². The monoisotopic (exact) mass is 167 g/mol. The minimum absolute atomic E-state index is 0.248. The smallest absolute Gasteiger partial charge is 0.217 e. The van der Waals surface area contributed by atoms with Gasteiger partial charge in [-0.1, -0.05) is 6.92 Å².